The standard InChI is InChI=1S/C26H48O19S.Au/c27-9-12-15(30)16(31)19(34)25(41-12)44-23-14(11-29)43-26(21(36)18(23)33)45-22-13(10-28)42-24(20(35)17(22)32)40-6-5-38-2-1-37-3-4-39-7-8-46;/h12-36,46H,1-11H2;/q;+1/p-1/t12-,13-,14-,15+,16+,17-,18-,19-,20-,21-,22-,23+,24-,25-,26+;/m1./s1. The largest absolute Gasteiger partial charge is 1.00 e. The van der Waals surface area contributed by atoms with Crippen molar-refractivity contribution in [1.82, 2.24) is 0 Å². The first-order chi connectivity index (χ1) is 22.1. The summed E-state index contributed by atoms with van der Waals surface area (Å²) in [7, 11) is 0. The van der Waals surface area contributed by atoms with Gasteiger partial charge < -0.3 is 106 Å². The van der Waals surface area contributed by atoms with Crippen LogP contribution in [0.3, 0.4) is 0 Å². The minimum absolute atomic E-state index is 0. The van der Waals surface area contributed by atoms with Gasteiger partial charge in [-0.25, -0.2) is 0 Å². The molecule has 3 fully saturated rings. The van der Waals surface area contributed by atoms with E-state index < -0.39 is 112 Å². The maximum absolute atomic E-state index is 10.8. The molecule has 15 atom stereocenters. The molecule has 0 aromatic heterocycles. The van der Waals surface area contributed by atoms with Gasteiger partial charge in [0.05, 0.1) is 59.5 Å². The second-order valence-electron chi connectivity index (χ2n) is 10.7. The summed E-state index contributed by atoms with van der Waals surface area (Å²) >= 11 is 4.77. The summed E-state index contributed by atoms with van der Waals surface area (Å²) in [6, 6.07) is 0. The van der Waals surface area contributed by atoms with E-state index >= 15 is 0 Å². The summed E-state index contributed by atoms with van der Waals surface area (Å²) in [5, 5.41) is 102. The Morgan fingerprint density at radius 3 is 1.30 bits per heavy atom. The van der Waals surface area contributed by atoms with Gasteiger partial charge in [0.1, 0.15) is 73.2 Å². The summed E-state index contributed by atoms with van der Waals surface area (Å²) in [4.78, 5) is 0. The maximum atomic E-state index is 10.8. The molecule has 19 nitrogen and oxygen atoms in total. The molecule has 3 aliphatic heterocycles. The van der Waals surface area contributed by atoms with E-state index in [2.05, 4.69) is 0 Å². The minimum Gasteiger partial charge on any atom is -0.790 e. The van der Waals surface area contributed by atoms with E-state index in [9.17, 15) is 51.1 Å². The molecule has 0 aliphatic carbocycles. The summed E-state index contributed by atoms with van der Waals surface area (Å²) in [5.41, 5.74) is 0. The summed E-state index contributed by atoms with van der Waals surface area (Å²) < 4.78 is 48.9. The Morgan fingerprint density at radius 2 is 0.830 bits per heavy atom. The zero-order chi connectivity index (χ0) is 33.8. The average Bonchev–Trinajstić information content (AvgIpc) is 3.06. The van der Waals surface area contributed by atoms with Crippen molar-refractivity contribution in [2.75, 3.05) is 71.8 Å². The number of rotatable bonds is 19. The van der Waals surface area contributed by atoms with Crippen molar-refractivity contribution in [3.8, 4) is 0 Å². The Kier molecular flexibility index (Phi) is 20.6. The molecule has 21 heteroatoms. The molecule has 0 bridgehead atoms. The zero-order valence-electron chi connectivity index (χ0n) is 25.3. The van der Waals surface area contributed by atoms with Gasteiger partial charge in [-0.1, -0.05) is 0 Å². The number of aliphatic hydroxyl groups excluding tert-OH is 10. The Balaban J connectivity index is 0.00000768. The summed E-state index contributed by atoms with van der Waals surface area (Å²) in [6.07, 6.45) is -24.6. The second kappa shape index (κ2) is 22.3. The van der Waals surface area contributed by atoms with Crippen molar-refractivity contribution in [3.05, 3.63) is 0 Å². The fraction of sp³-hybridized carbons (Fsp3) is 1.00. The van der Waals surface area contributed by atoms with Gasteiger partial charge in [0.25, 0.3) is 0 Å². The van der Waals surface area contributed by atoms with E-state index in [1.165, 1.54) is 0 Å². The molecule has 0 aromatic carbocycles. The number of aliphatic hydroxyl groups is 10. The van der Waals surface area contributed by atoms with Gasteiger partial charge in [0.2, 0.25) is 0 Å². The van der Waals surface area contributed by atoms with Crippen molar-refractivity contribution >= 4 is 12.6 Å². The van der Waals surface area contributed by atoms with Crippen LogP contribution < -0.4 is 0 Å². The van der Waals surface area contributed by atoms with Gasteiger partial charge in [0.15, 0.2) is 18.9 Å². The van der Waals surface area contributed by atoms with Crippen molar-refractivity contribution in [2.45, 2.75) is 92.1 Å². The maximum Gasteiger partial charge on any atom is 1.00 e. The molecule has 282 valence electrons. The number of hydrogen-bond donors (Lipinski definition) is 10. The quantitative estimate of drug-likeness (QED) is 0.0328. The fourth-order valence-electron chi connectivity index (χ4n) is 5.01. The molecule has 3 heterocycles. The van der Waals surface area contributed by atoms with Gasteiger partial charge in [-0.05, 0) is 0 Å². The van der Waals surface area contributed by atoms with E-state index in [-0.39, 0.29) is 42.2 Å². The second-order valence-corrected chi connectivity index (χ2v) is 11.1. The van der Waals surface area contributed by atoms with Gasteiger partial charge in [-0.15, -0.1) is 0 Å². The normalized spacial score (nSPS) is 41.0. The molecular formula is C26H47AuO19S. The van der Waals surface area contributed by atoms with Gasteiger partial charge in [-0.2, -0.15) is 5.75 Å². The third-order valence-corrected chi connectivity index (χ3v) is 7.72. The van der Waals surface area contributed by atoms with Crippen molar-refractivity contribution in [1.29, 1.82) is 0 Å². The van der Waals surface area contributed by atoms with Crippen LogP contribution in [0.25, 0.3) is 0 Å². The molecule has 3 aliphatic rings. The van der Waals surface area contributed by atoms with Crippen LogP contribution in [-0.2, 0) is 77.6 Å². The molecule has 0 radical (unpaired) electrons. The smallest absolute Gasteiger partial charge is 0.790 e. The van der Waals surface area contributed by atoms with Crippen LogP contribution in [0.5, 0.6) is 0 Å². The topological polar surface area (TPSA) is 285 Å². The van der Waals surface area contributed by atoms with Crippen molar-refractivity contribution in [2.24, 2.45) is 0 Å². The molecule has 0 amide bonds. The van der Waals surface area contributed by atoms with Crippen LogP contribution in [0.2, 0.25) is 0 Å². The van der Waals surface area contributed by atoms with Crippen LogP contribution in [0.15, 0.2) is 0 Å². The molecule has 0 spiro atoms. The Bertz CT molecular complexity index is 835. The zero-order valence-corrected chi connectivity index (χ0v) is 28.3. The van der Waals surface area contributed by atoms with Crippen LogP contribution in [0.1, 0.15) is 0 Å². The average molecular weight is 893 g/mol. The van der Waals surface area contributed by atoms with Crippen LogP contribution >= 0.6 is 0 Å². The first kappa shape index (κ1) is 43.5. The molecular weight excluding hydrogens is 845 g/mol. The molecule has 47 heavy (non-hydrogen) atoms. The van der Waals surface area contributed by atoms with Crippen LogP contribution in [-0.4, -0.2) is 215 Å². The Hall–Kier alpha value is 0.330. The number of hydrogen-bond acceptors (Lipinski definition) is 20. The SMILES string of the molecule is OC[C@H]1O[C@H](O[C@@H]2[C@H](O)[C@@H](O)[C@H](O[C@H]3[C@H](O)[C@@H](O)[C@H](OCCOCCOCCOCC[S-])O[C@@H]3CO)O[C@@H]2CO)[C@H](O)[C@@H](O)[C@H]1O.[Au+]. The first-order valence-corrected chi connectivity index (χ1v) is 15.5. The Labute approximate surface area is 292 Å². The summed E-state index contributed by atoms with van der Waals surface area (Å²) in [6.45, 7) is -0.390. The van der Waals surface area contributed by atoms with Gasteiger partial charge >= 0.3 is 22.4 Å². The molecule has 10 N–H and O–H groups in total. The Morgan fingerprint density at radius 1 is 0.447 bits per heavy atom. The fourth-order valence-corrected chi connectivity index (χ4v) is 5.12. The van der Waals surface area contributed by atoms with Crippen LogP contribution in [0.4, 0.5) is 0 Å². The molecule has 0 saturated carbocycles. The van der Waals surface area contributed by atoms with E-state index in [1.807, 2.05) is 0 Å². The van der Waals surface area contributed by atoms with Crippen LogP contribution in [0, 0.1) is 0 Å². The predicted octanol–water partition coefficient (Wildman–Crippen LogP) is -6.95. The molecule has 0 unspecified atom stereocenters. The minimum atomic E-state index is -1.92. The van der Waals surface area contributed by atoms with E-state index in [1.54, 1.807) is 0 Å². The molecule has 3 saturated heterocycles. The van der Waals surface area contributed by atoms with Gasteiger partial charge in [0, 0.05) is 6.61 Å². The third-order valence-electron chi connectivity index (χ3n) is 7.55. The van der Waals surface area contributed by atoms with E-state index in [0.29, 0.717) is 32.2 Å². The monoisotopic (exact) mass is 892 g/mol. The molecule has 0 aromatic rings. The third kappa shape index (κ3) is 11.9. The van der Waals surface area contributed by atoms with E-state index in [4.69, 9.17) is 55.3 Å². The van der Waals surface area contributed by atoms with Gasteiger partial charge in [-0.3, -0.25) is 0 Å². The van der Waals surface area contributed by atoms with Crippen molar-refractivity contribution < 1.29 is 116 Å². The molecule has 3 rings (SSSR count). The van der Waals surface area contributed by atoms with Crippen molar-refractivity contribution in [3.63, 3.8) is 0 Å². The number of ether oxygens (including phenoxy) is 9. The van der Waals surface area contributed by atoms with E-state index in [0.717, 1.165) is 0 Å². The predicted molar refractivity (Wildman–Crippen MR) is 150 cm³/mol. The summed E-state index contributed by atoms with van der Waals surface area (Å²) in [5.74, 6) is 0.509. The first-order valence-electron chi connectivity index (χ1n) is 14.9.